The number of para-hydroxylation sites is 1. The number of ether oxygens (including phenoxy) is 1. The first-order valence-corrected chi connectivity index (χ1v) is 6.93. The minimum atomic E-state index is -0.643. The van der Waals surface area contributed by atoms with E-state index in [0.717, 1.165) is 6.42 Å². The predicted molar refractivity (Wildman–Crippen MR) is 75.9 cm³/mol. The summed E-state index contributed by atoms with van der Waals surface area (Å²) in [5.41, 5.74) is 0.519. The number of carbonyl (C=O) groups is 1. The highest BCUT2D eigenvalue weighted by molar-refractivity contribution is 5.96. The molecule has 0 spiro atoms. The zero-order chi connectivity index (χ0) is 15.0. The molecule has 0 saturated heterocycles. The van der Waals surface area contributed by atoms with Crippen LogP contribution in [0.4, 0.5) is 0 Å². The highest BCUT2D eigenvalue weighted by atomic mass is 16.5. The molecule has 5 heteroatoms. The standard InChI is InChI=1S/C15H23NO4/c1-3-12(9-17)16-8-13(19)10-20-15-7-5-4-6-14(15)11(2)18/h4-7,12-13,16-17,19H,3,8-10H2,1-2H3/p+1/t12-,13+/m1/s1. The van der Waals surface area contributed by atoms with Crippen molar-refractivity contribution in [3.05, 3.63) is 29.8 Å². The van der Waals surface area contributed by atoms with Gasteiger partial charge in [0.05, 0.1) is 12.2 Å². The van der Waals surface area contributed by atoms with Gasteiger partial charge in [-0.05, 0) is 25.5 Å². The molecule has 1 aromatic rings. The molecule has 0 fully saturated rings. The van der Waals surface area contributed by atoms with Gasteiger partial charge >= 0.3 is 0 Å². The van der Waals surface area contributed by atoms with E-state index in [1.807, 2.05) is 12.2 Å². The Balaban J connectivity index is 2.45. The fourth-order valence-electron chi connectivity index (χ4n) is 1.86. The third-order valence-electron chi connectivity index (χ3n) is 3.20. The number of benzene rings is 1. The number of rotatable bonds is 9. The molecule has 4 N–H and O–H groups in total. The number of hydrogen-bond donors (Lipinski definition) is 3. The van der Waals surface area contributed by atoms with Gasteiger partial charge in [0.25, 0.3) is 0 Å². The maximum Gasteiger partial charge on any atom is 0.163 e. The summed E-state index contributed by atoms with van der Waals surface area (Å²) in [4.78, 5) is 11.4. The van der Waals surface area contributed by atoms with Gasteiger partial charge in [0, 0.05) is 0 Å². The van der Waals surface area contributed by atoms with E-state index in [-0.39, 0.29) is 25.0 Å². The Morgan fingerprint density at radius 1 is 1.40 bits per heavy atom. The van der Waals surface area contributed by atoms with Crippen molar-refractivity contribution >= 4 is 5.78 Å². The van der Waals surface area contributed by atoms with E-state index in [1.54, 1.807) is 24.3 Å². The second kappa shape index (κ2) is 8.68. The van der Waals surface area contributed by atoms with Gasteiger partial charge in [-0.3, -0.25) is 4.79 Å². The molecule has 0 aromatic heterocycles. The van der Waals surface area contributed by atoms with E-state index < -0.39 is 6.10 Å². The van der Waals surface area contributed by atoms with E-state index >= 15 is 0 Å². The zero-order valence-electron chi connectivity index (χ0n) is 12.1. The molecule has 20 heavy (non-hydrogen) atoms. The van der Waals surface area contributed by atoms with E-state index in [9.17, 15) is 9.90 Å². The van der Waals surface area contributed by atoms with Crippen LogP contribution < -0.4 is 10.1 Å². The average molecular weight is 282 g/mol. The van der Waals surface area contributed by atoms with E-state index in [1.165, 1.54) is 6.92 Å². The van der Waals surface area contributed by atoms with Crippen LogP contribution in [0.3, 0.4) is 0 Å². The van der Waals surface area contributed by atoms with Crippen molar-refractivity contribution in [3.8, 4) is 5.75 Å². The van der Waals surface area contributed by atoms with Crippen LogP contribution in [0.25, 0.3) is 0 Å². The van der Waals surface area contributed by atoms with E-state index in [0.29, 0.717) is 17.9 Å². The van der Waals surface area contributed by atoms with Crippen LogP contribution in [0.15, 0.2) is 24.3 Å². The van der Waals surface area contributed by atoms with Crippen molar-refractivity contribution < 1.29 is 25.1 Å². The van der Waals surface area contributed by atoms with Crippen LogP contribution >= 0.6 is 0 Å². The third kappa shape index (κ3) is 5.28. The molecule has 5 nitrogen and oxygen atoms in total. The normalized spacial score (nSPS) is 13.8. The van der Waals surface area contributed by atoms with Crippen LogP contribution in [0, 0.1) is 0 Å². The SMILES string of the molecule is CC[C@H](CO)[NH2+]C[C@H](O)COc1ccccc1C(C)=O. The quantitative estimate of drug-likeness (QED) is 0.555. The first-order chi connectivity index (χ1) is 9.58. The van der Waals surface area contributed by atoms with Gasteiger partial charge in [0.15, 0.2) is 5.78 Å². The molecule has 0 radical (unpaired) electrons. The first kappa shape index (κ1) is 16.6. The fourth-order valence-corrected chi connectivity index (χ4v) is 1.86. The summed E-state index contributed by atoms with van der Waals surface area (Å²) in [5.74, 6) is 0.432. The van der Waals surface area contributed by atoms with Gasteiger partial charge in [-0.25, -0.2) is 0 Å². The monoisotopic (exact) mass is 282 g/mol. The summed E-state index contributed by atoms with van der Waals surface area (Å²) in [5, 5.41) is 20.8. The average Bonchev–Trinajstić information content (AvgIpc) is 2.46. The van der Waals surface area contributed by atoms with Crippen LogP contribution in [-0.4, -0.2) is 47.9 Å². The van der Waals surface area contributed by atoms with Crippen molar-refractivity contribution in [2.24, 2.45) is 0 Å². The Kier molecular flexibility index (Phi) is 7.22. The molecule has 0 amide bonds. The number of hydrogen-bond acceptors (Lipinski definition) is 4. The van der Waals surface area contributed by atoms with Crippen LogP contribution in [-0.2, 0) is 0 Å². The number of Topliss-reactive ketones (excluding diaryl/α,β-unsaturated/α-hetero) is 1. The second-order valence-electron chi connectivity index (χ2n) is 4.84. The first-order valence-electron chi connectivity index (χ1n) is 6.93. The van der Waals surface area contributed by atoms with Crippen LogP contribution in [0.2, 0.25) is 0 Å². The Morgan fingerprint density at radius 3 is 2.70 bits per heavy atom. The van der Waals surface area contributed by atoms with Gasteiger partial charge in [0.2, 0.25) is 0 Å². The molecule has 0 unspecified atom stereocenters. The molecular weight excluding hydrogens is 258 g/mol. The van der Waals surface area contributed by atoms with Crippen LogP contribution in [0.1, 0.15) is 30.6 Å². The molecule has 0 aliphatic rings. The molecule has 1 rings (SSSR count). The predicted octanol–water partition coefficient (Wildman–Crippen LogP) is -0.0368. The molecule has 0 bridgehead atoms. The van der Waals surface area contributed by atoms with Gasteiger partial charge in [-0.15, -0.1) is 0 Å². The van der Waals surface area contributed by atoms with Crippen molar-refractivity contribution in [1.29, 1.82) is 0 Å². The minimum Gasteiger partial charge on any atom is -0.490 e. The van der Waals surface area contributed by atoms with Crippen LogP contribution in [0.5, 0.6) is 5.75 Å². The Morgan fingerprint density at radius 2 is 2.10 bits per heavy atom. The van der Waals surface area contributed by atoms with E-state index in [4.69, 9.17) is 9.84 Å². The molecule has 0 saturated carbocycles. The smallest absolute Gasteiger partial charge is 0.163 e. The van der Waals surface area contributed by atoms with E-state index in [2.05, 4.69) is 0 Å². The maximum absolute atomic E-state index is 11.4. The van der Waals surface area contributed by atoms with Gasteiger partial charge in [0.1, 0.15) is 31.0 Å². The van der Waals surface area contributed by atoms with Gasteiger partial charge in [-0.1, -0.05) is 19.1 Å². The highest BCUT2D eigenvalue weighted by Crippen LogP contribution is 2.18. The second-order valence-corrected chi connectivity index (χ2v) is 4.84. The number of nitrogens with two attached hydrogens (primary N) is 1. The number of quaternary nitrogens is 1. The largest absolute Gasteiger partial charge is 0.490 e. The molecule has 2 atom stereocenters. The number of aliphatic hydroxyl groups is 2. The third-order valence-corrected chi connectivity index (χ3v) is 3.20. The van der Waals surface area contributed by atoms with Gasteiger partial charge < -0.3 is 20.3 Å². The summed E-state index contributed by atoms with van der Waals surface area (Å²) < 4.78 is 5.51. The van der Waals surface area contributed by atoms with Crippen molar-refractivity contribution in [2.75, 3.05) is 19.8 Å². The topological polar surface area (TPSA) is 83.4 Å². The summed E-state index contributed by atoms with van der Waals surface area (Å²) in [7, 11) is 0. The summed E-state index contributed by atoms with van der Waals surface area (Å²) in [6.45, 7) is 4.16. The molecule has 1 aromatic carbocycles. The molecule has 0 heterocycles. The summed E-state index contributed by atoms with van der Waals surface area (Å²) in [6.07, 6.45) is 0.202. The lowest BCUT2D eigenvalue weighted by Gasteiger charge is -2.16. The van der Waals surface area contributed by atoms with Crippen molar-refractivity contribution in [2.45, 2.75) is 32.4 Å². The number of ketones is 1. The molecular formula is C15H24NO4+. The van der Waals surface area contributed by atoms with Crippen molar-refractivity contribution in [3.63, 3.8) is 0 Å². The van der Waals surface area contributed by atoms with Gasteiger partial charge in [-0.2, -0.15) is 0 Å². The Hall–Kier alpha value is -1.43. The fraction of sp³-hybridized carbons (Fsp3) is 0.533. The van der Waals surface area contributed by atoms with Crippen molar-refractivity contribution in [1.82, 2.24) is 0 Å². The molecule has 0 aliphatic carbocycles. The Bertz CT molecular complexity index is 418. The summed E-state index contributed by atoms with van der Waals surface area (Å²) in [6, 6.07) is 7.10. The maximum atomic E-state index is 11.4. The lowest BCUT2D eigenvalue weighted by atomic mass is 10.1. The number of carbonyl (C=O) groups excluding carboxylic acids is 1. The lowest BCUT2D eigenvalue weighted by molar-refractivity contribution is -0.696. The number of aliphatic hydroxyl groups excluding tert-OH is 2. The summed E-state index contributed by atoms with van der Waals surface area (Å²) >= 11 is 0. The molecule has 112 valence electrons. The lowest BCUT2D eigenvalue weighted by Crippen LogP contribution is -2.92. The Labute approximate surface area is 119 Å². The minimum absolute atomic E-state index is 0.0621. The molecule has 0 aliphatic heterocycles. The highest BCUT2D eigenvalue weighted by Gasteiger charge is 2.14. The zero-order valence-corrected chi connectivity index (χ0v) is 12.1.